The molecule has 2 aliphatic carbocycles. The third kappa shape index (κ3) is 5.73. The quantitative estimate of drug-likeness (QED) is 0.201. The first-order chi connectivity index (χ1) is 22.9. The van der Waals surface area contributed by atoms with E-state index in [2.05, 4.69) is 0 Å². The van der Waals surface area contributed by atoms with Gasteiger partial charge >= 0.3 is 23.3 Å². The van der Waals surface area contributed by atoms with E-state index in [0.717, 1.165) is 60.8 Å². The minimum absolute atomic E-state index is 0.00688. The molecule has 0 saturated heterocycles. The van der Waals surface area contributed by atoms with Crippen LogP contribution in [0.3, 0.4) is 0 Å². The highest BCUT2D eigenvalue weighted by molar-refractivity contribution is 7.95. The number of nitrogens with one attached hydrogen (secondary N) is 1. The average molecular weight is 700 g/mol. The lowest BCUT2D eigenvalue weighted by Crippen LogP contribution is -2.36. The maximum absolute atomic E-state index is 14.7. The summed E-state index contributed by atoms with van der Waals surface area (Å²) < 4.78 is 105. The number of ether oxygens (including phenoxy) is 2. The summed E-state index contributed by atoms with van der Waals surface area (Å²) in [6.07, 6.45) is 6.37. The van der Waals surface area contributed by atoms with E-state index in [9.17, 15) is 26.2 Å². The van der Waals surface area contributed by atoms with E-state index in [1.165, 1.54) is 18.7 Å². The molecule has 0 saturated carbocycles. The van der Waals surface area contributed by atoms with Crippen LogP contribution < -0.4 is 23.0 Å². The molecular formula is C35H33F3NO7PS. The van der Waals surface area contributed by atoms with Crippen LogP contribution in [-0.4, -0.2) is 28.1 Å². The number of rotatable bonds is 6. The highest BCUT2D eigenvalue weighted by atomic mass is 32.2. The molecule has 1 heterocycles. The predicted molar refractivity (Wildman–Crippen MR) is 176 cm³/mol. The number of benzene rings is 4. The fourth-order valence-electron chi connectivity index (χ4n) is 6.95. The highest BCUT2D eigenvalue weighted by Gasteiger charge is 2.53. The molecule has 0 spiro atoms. The second kappa shape index (κ2) is 12.2. The van der Waals surface area contributed by atoms with Crippen LogP contribution in [0.5, 0.6) is 23.0 Å². The van der Waals surface area contributed by atoms with Crippen LogP contribution in [-0.2, 0) is 40.3 Å². The van der Waals surface area contributed by atoms with Gasteiger partial charge in [-0.3, -0.25) is 0 Å². The van der Waals surface area contributed by atoms with Crippen LogP contribution in [0.4, 0.5) is 13.2 Å². The van der Waals surface area contributed by atoms with Crippen LogP contribution in [0.25, 0.3) is 33.4 Å². The topological polar surface area (TPSA) is 100 Å². The molecule has 0 unspecified atom stereocenters. The Labute approximate surface area is 276 Å². The van der Waals surface area contributed by atoms with Crippen molar-refractivity contribution in [2.75, 3.05) is 14.2 Å². The zero-order chi connectivity index (χ0) is 33.8. The van der Waals surface area contributed by atoms with Crippen LogP contribution in [0.2, 0.25) is 0 Å². The number of hydrogen-bond donors (Lipinski definition) is 1. The first-order valence-corrected chi connectivity index (χ1v) is 18.7. The zero-order valence-corrected chi connectivity index (χ0v) is 28.0. The van der Waals surface area contributed by atoms with E-state index in [0.29, 0.717) is 57.7 Å². The van der Waals surface area contributed by atoms with E-state index in [1.54, 1.807) is 48.5 Å². The Bertz CT molecular complexity index is 1940. The van der Waals surface area contributed by atoms with Gasteiger partial charge in [-0.15, -0.1) is 0 Å². The van der Waals surface area contributed by atoms with Gasteiger partial charge in [0.1, 0.15) is 23.0 Å². The minimum atomic E-state index is -6.18. The van der Waals surface area contributed by atoms with Crippen molar-refractivity contribution < 1.29 is 44.7 Å². The standard InChI is InChI=1S/C35H33F3NO7PS/c1-43-25-15-11-21(12-16-25)29-19-23-7-3-5-9-27(23)31-32-28-10-6-4-8-24(28)20-30(22-13-17-26(44-2)18-14-22)34(32)46-47(40,45-33(29)31)39-48(41,42)35(36,37)38/h11-20H,3-10H2,1-2H3,(H,39,40). The predicted octanol–water partition coefficient (Wildman–Crippen LogP) is 8.78. The molecule has 0 fully saturated rings. The summed E-state index contributed by atoms with van der Waals surface area (Å²) in [5, 5.41) is 0. The first-order valence-electron chi connectivity index (χ1n) is 15.7. The summed E-state index contributed by atoms with van der Waals surface area (Å²) in [7, 11) is -8.46. The van der Waals surface area contributed by atoms with Gasteiger partial charge in [0.2, 0.25) is 0 Å². The second-order valence-corrected chi connectivity index (χ2v) is 15.7. The van der Waals surface area contributed by atoms with E-state index >= 15 is 0 Å². The van der Waals surface area contributed by atoms with Gasteiger partial charge in [0.05, 0.1) is 14.2 Å². The first kappa shape index (κ1) is 32.6. The Balaban J connectivity index is 1.60. The molecule has 0 radical (unpaired) electrons. The van der Waals surface area contributed by atoms with Crippen molar-refractivity contribution in [3.63, 3.8) is 0 Å². The molecule has 252 valence electrons. The summed E-state index contributed by atoms with van der Waals surface area (Å²) in [5.74, 6) is 1.18. The van der Waals surface area contributed by atoms with E-state index in [-0.39, 0.29) is 11.5 Å². The number of methoxy groups -OCH3 is 2. The fourth-order valence-corrected chi connectivity index (χ4v) is 9.74. The largest absolute Gasteiger partial charge is 0.526 e. The van der Waals surface area contributed by atoms with Gasteiger partial charge in [0.25, 0.3) is 0 Å². The maximum Gasteiger partial charge on any atom is 0.526 e. The molecule has 48 heavy (non-hydrogen) atoms. The van der Waals surface area contributed by atoms with Crippen molar-refractivity contribution in [2.24, 2.45) is 0 Å². The molecule has 1 aliphatic heterocycles. The molecule has 1 N–H and O–H groups in total. The van der Waals surface area contributed by atoms with Crippen molar-refractivity contribution >= 4 is 17.8 Å². The summed E-state index contributed by atoms with van der Waals surface area (Å²) in [6.45, 7) is 0. The van der Waals surface area contributed by atoms with Crippen molar-refractivity contribution in [1.82, 2.24) is 4.49 Å². The normalized spacial score (nSPS) is 16.6. The number of hydrogen-bond acceptors (Lipinski definition) is 7. The fraction of sp³-hybridized carbons (Fsp3) is 0.314. The Morgan fingerprint density at radius 3 is 1.46 bits per heavy atom. The van der Waals surface area contributed by atoms with Gasteiger partial charge in [-0.2, -0.15) is 13.2 Å². The number of halogens is 3. The Hall–Kier alpha value is -3.99. The highest BCUT2D eigenvalue weighted by Crippen LogP contribution is 2.62. The molecule has 0 atom stereocenters. The van der Waals surface area contributed by atoms with Gasteiger partial charge < -0.3 is 18.5 Å². The number of fused-ring (bicyclic) bond motifs is 7. The lowest BCUT2D eigenvalue weighted by atomic mass is 9.77. The lowest BCUT2D eigenvalue weighted by Gasteiger charge is -2.28. The van der Waals surface area contributed by atoms with E-state index in [1.807, 2.05) is 12.1 Å². The SMILES string of the molecule is COc1ccc(-c2cc3c(c4c2OP(=O)(NS(=O)(=O)C(F)(F)F)Oc2c(-c5ccc(OC)cc5)cc5c(c2-4)CCCC5)CCCC3)cc1. The maximum atomic E-state index is 14.7. The molecule has 0 aromatic heterocycles. The minimum Gasteiger partial charge on any atom is -0.497 e. The monoisotopic (exact) mass is 699 g/mol. The van der Waals surface area contributed by atoms with Crippen molar-refractivity contribution in [3.05, 3.63) is 82.9 Å². The molecule has 13 heteroatoms. The van der Waals surface area contributed by atoms with Crippen LogP contribution in [0, 0.1) is 0 Å². The van der Waals surface area contributed by atoms with Gasteiger partial charge in [-0.05, 0) is 121 Å². The molecule has 0 bridgehead atoms. The van der Waals surface area contributed by atoms with Crippen molar-refractivity contribution in [1.29, 1.82) is 0 Å². The van der Waals surface area contributed by atoms with Crippen LogP contribution in [0.1, 0.15) is 47.9 Å². The van der Waals surface area contributed by atoms with Crippen LogP contribution in [0.15, 0.2) is 60.7 Å². The van der Waals surface area contributed by atoms with E-state index in [4.69, 9.17) is 18.5 Å². The number of alkyl halides is 3. The molecular weight excluding hydrogens is 666 g/mol. The second-order valence-electron chi connectivity index (χ2n) is 12.1. The third-order valence-corrected chi connectivity index (χ3v) is 12.5. The summed E-state index contributed by atoms with van der Waals surface area (Å²) >= 11 is 0. The Morgan fingerprint density at radius 2 is 1.08 bits per heavy atom. The molecule has 3 aliphatic rings. The van der Waals surface area contributed by atoms with Crippen LogP contribution >= 0.6 is 7.75 Å². The molecule has 0 amide bonds. The van der Waals surface area contributed by atoms with Crippen molar-refractivity contribution in [2.45, 2.75) is 56.9 Å². The number of sulfonamides is 1. The van der Waals surface area contributed by atoms with Gasteiger partial charge in [-0.25, -0.2) is 13.0 Å². The van der Waals surface area contributed by atoms with Crippen molar-refractivity contribution in [3.8, 4) is 56.4 Å². The van der Waals surface area contributed by atoms with Gasteiger partial charge in [-0.1, -0.05) is 28.8 Å². The van der Waals surface area contributed by atoms with Gasteiger partial charge in [0.15, 0.2) is 0 Å². The average Bonchev–Trinajstić information content (AvgIpc) is 3.21. The molecule has 7 rings (SSSR count). The lowest BCUT2D eigenvalue weighted by molar-refractivity contribution is -0.0443. The van der Waals surface area contributed by atoms with Gasteiger partial charge in [0, 0.05) is 22.3 Å². The summed E-state index contributed by atoms with van der Waals surface area (Å²) in [6, 6.07) is 17.8. The Morgan fingerprint density at radius 1 is 0.688 bits per heavy atom. The molecule has 4 aromatic carbocycles. The number of aryl methyl sites for hydroxylation is 2. The third-order valence-electron chi connectivity index (χ3n) is 9.22. The Kier molecular flexibility index (Phi) is 8.25. The molecule has 4 aromatic rings. The summed E-state index contributed by atoms with van der Waals surface area (Å²) in [4.78, 5) is 0. The van der Waals surface area contributed by atoms with E-state index < -0.39 is 23.3 Å². The smallest absolute Gasteiger partial charge is 0.497 e. The zero-order valence-electron chi connectivity index (χ0n) is 26.3. The summed E-state index contributed by atoms with van der Waals surface area (Å²) in [5.41, 5.74) is 1.43. The molecule has 8 nitrogen and oxygen atoms in total.